The standard InChI is InChI=1S/C30H41FN6O3/c1-4-22-13-14-25(34-28(22)32-2)12-8-9-18-37(20-24(31)21-40-3)19-16-26(30(38)39)35-27-15-17-33-29(36-27)23-10-6-5-7-11-23/h5-7,10-11,13-15,17,24,26H,4,8-9,12,16,18-21H2,1-3H3,(H,32,34)(H,38,39)(H,33,35,36). The van der Waals surface area contributed by atoms with E-state index in [4.69, 9.17) is 9.72 Å². The molecule has 1 aromatic carbocycles. The molecular formula is C30H41FN6O3. The van der Waals surface area contributed by atoms with Crippen LogP contribution in [0, 0.1) is 0 Å². The summed E-state index contributed by atoms with van der Waals surface area (Å²) in [7, 11) is 3.35. The molecule has 40 heavy (non-hydrogen) atoms. The lowest BCUT2D eigenvalue weighted by Gasteiger charge is -2.26. The normalized spacial score (nSPS) is 12.7. The maximum Gasteiger partial charge on any atom is 0.326 e. The Hall–Kier alpha value is -3.63. The third kappa shape index (κ3) is 9.84. The summed E-state index contributed by atoms with van der Waals surface area (Å²) in [6.45, 7) is 3.35. The molecule has 0 fully saturated rings. The predicted octanol–water partition coefficient (Wildman–Crippen LogP) is 4.71. The number of carboxylic acid groups (broad SMARTS) is 1. The summed E-state index contributed by atoms with van der Waals surface area (Å²) in [5, 5.41) is 16.1. The van der Waals surface area contributed by atoms with Crippen molar-refractivity contribution in [3.05, 3.63) is 66.0 Å². The van der Waals surface area contributed by atoms with Crippen LogP contribution in [-0.2, 0) is 22.4 Å². The Morgan fingerprint density at radius 3 is 2.60 bits per heavy atom. The topological polar surface area (TPSA) is 112 Å². The van der Waals surface area contributed by atoms with Crippen molar-refractivity contribution in [1.29, 1.82) is 0 Å². The first-order chi connectivity index (χ1) is 19.4. The molecule has 3 N–H and O–H groups in total. The van der Waals surface area contributed by atoms with E-state index in [-0.39, 0.29) is 19.6 Å². The first-order valence-electron chi connectivity index (χ1n) is 13.8. The van der Waals surface area contributed by atoms with Gasteiger partial charge in [0.1, 0.15) is 23.8 Å². The highest BCUT2D eigenvalue weighted by atomic mass is 19.1. The molecule has 2 aromatic heterocycles. The number of hydrogen-bond acceptors (Lipinski definition) is 8. The van der Waals surface area contributed by atoms with E-state index in [2.05, 4.69) is 39.7 Å². The van der Waals surface area contributed by atoms with Gasteiger partial charge in [-0.25, -0.2) is 24.1 Å². The van der Waals surface area contributed by atoms with Gasteiger partial charge < -0.3 is 25.4 Å². The quantitative estimate of drug-likeness (QED) is 0.193. The summed E-state index contributed by atoms with van der Waals surface area (Å²) in [5.74, 6) is 0.860. The average Bonchev–Trinajstić information content (AvgIpc) is 2.97. The van der Waals surface area contributed by atoms with Gasteiger partial charge in [0.05, 0.1) is 6.61 Å². The number of ether oxygens (including phenoxy) is 1. The second-order valence-corrected chi connectivity index (χ2v) is 9.68. The number of aryl methyl sites for hydroxylation is 2. The minimum atomic E-state index is -1.15. The number of aliphatic carboxylic acids is 1. The molecule has 0 bridgehead atoms. The van der Waals surface area contributed by atoms with Crippen LogP contribution in [0.15, 0.2) is 54.7 Å². The molecule has 2 atom stereocenters. The summed E-state index contributed by atoms with van der Waals surface area (Å²) in [6.07, 6.45) is 4.20. The Morgan fingerprint density at radius 2 is 1.90 bits per heavy atom. The molecule has 0 aliphatic carbocycles. The highest BCUT2D eigenvalue weighted by Crippen LogP contribution is 2.18. The number of carboxylic acids is 1. The summed E-state index contributed by atoms with van der Waals surface area (Å²) >= 11 is 0. The molecule has 0 amide bonds. The van der Waals surface area contributed by atoms with Crippen LogP contribution in [0.2, 0.25) is 0 Å². The van der Waals surface area contributed by atoms with Crippen LogP contribution in [-0.4, -0.2) is 83.5 Å². The largest absolute Gasteiger partial charge is 0.480 e. The monoisotopic (exact) mass is 552 g/mol. The van der Waals surface area contributed by atoms with Gasteiger partial charge in [-0.15, -0.1) is 0 Å². The van der Waals surface area contributed by atoms with Crippen molar-refractivity contribution in [1.82, 2.24) is 19.9 Å². The number of methoxy groups -OCH3 is 1. The number of alkyl halides is 1. The minimum absolute atomic E-state index is 0.000793. The van der Waals surface area contributed by atoms with Gasteiger partial charge in [0.25, 0.3) is 0 Å². The molecule has 0 saturated carbocycles. The minimum Gasteiger partial charge on any atom is -0.480 e. The van der Waals surface area contributed by atoms with Gasteiger partial charge >= 0.3 is 5.97 Å². The van der Waals surface area contributed by atoms with Crippen molar-refractivity contribution in [3.63, 3.8) is 0 Å². The molecule has 2 unspecified atom stereocenters. The SMILES string of the molecule is CCc1ccc(CCCCN(CCC(Nc2ccnc(-c3ccccc3)n2)C(=O)O)CC(F)COC)nc1NC. The third-order valence-electron chi connectivity index (χ3n) is 6.66. The summed E-state index contributed by atoms with van der Waals surface area (Å²) in [4.78, 5) is 27.6. The average molecular weight is 553 g/mol. The van der Waals surface area contributed by atoms with Crippen LogP contribution in [0.25, 0.3) is 11.4 Å². The van der Waals surface area contributed by atoms with E-state index < -0.39 is 18.2 Å². The number of anilines is 2. The molecular weight excluding hydrogens is 511 g/mol. The third-order valence-corrected chi connectivity index (χ3v) is 6.66. The van der Waals surface area contributed by atoms with Gasteiger partial charge in [-0.05, 0) is 56.3 Å². The van der Waals surface area contributed by atoms with Crippen molar-refractivity contribution in [3.8, 4) is 11.4 Å². The van der Waals surface area contributed by atoms with Crippen molar-refractivity contribution in [2.45, 2.75) is 51.2 Å². The van der Waals surface area contributed by atoms with Crippen LogP contribution < -0.4 is 10.6 Å². The molecule has 0 aliphatic heterocycles. The molecule has 216 valence electrons. The second kappa shape index (κ2) is 16.5. The number of halogens is 1. The molecule has 2 heterocycles. The Bertz CT molecular complexity index is 1180. The van der Waals surface area contributed by atoms with Gasteiger partial charge in [0.15, 0.2) is 5.82 Å². The van der Waals surface area contributed by atoms with E-state index in [1.54, 1.807) is 12.3 Å². The van der Waals surface area contributed by atoms with Gasteiger partial charge in [0.2, 0.25) is 0 Å². The zero-order valence-corrected chi connectivity index (χ0v) is 23.6. The number of benzene rings is 1. The van der Waals surface area contributed by atoms with Crippen LogP contribution >= 0.6 is 0 Å². The molecule has 0 spiro atoms. The zero-order chi connectivity index (χ0) is 28.7. The number of unbranched alkanes of at least 4 members (excludes halogenated alkanes) is 1. The Balaban J connectivity index is 1.58. The van der Waals surface area contributed by atoms with Gasteiger partial charge in [-0.2, -0.15) is 0 Å². The number of nitrogens with zero attached hydrogens (tertiary/aromatic N) is 4. The highest BCUT2D eigenvalue weighted by Gasteiger charge is 2.21. The number of hydrogen-bond donors (Lipinski definition) is 3. The van der Waals surface area contributed by atoms with Crippen LogP contribution in [0.1, 0.15) is 37.4 Å². The summed E-state index contributed by atoms with van der Waals surface area (Å²) < 4.78 is 19.5. The first-order valence-corrected chi connectivity index (χ1v) is 13.8. The van der Waals surface area contributed by atoms with Crippen molar-refractivity contribution < 1.29 is 19.0 Å². The van der Waals surface area contributed by atoms with E-state index in [9.17, 15) is 14.3 Å². The van der Waals surface area contributed by atoms with E-state index in [1.165, 1.54) is 12.7 Å². The van der Waals surface area contributed by atoms with Gasteiger partial charge in [-0.1, -0.05) is 43.3 Å². The molecule has 0 aliphatic rings. The van der Waals surface area contributed by atoms with Gasteiger partial charge in [0, 0.05) is 44.7 Å². The predicted molar refractivity (Wildman–Crippen MR) is 156 cm³/mol. The smallest absolute Gasteiger partial charge is 0.326 e. The van der Waals surface area contributed by atoms with Crippen LogP contribution in [0.5, 0.6) is 0 Å². The lowest BCUT2D eigenvalue weighted by atomic mass is 10.1. The fourth-order valence-electron chi connectivity index (χ4n) is 4.53. The van der Waals surface area contributed by atoms with E-state index in [0.29, 0.717) is 24.7 Å². The number of aromatic nitrogens is 3. The van der Waals surface area contributed by atoms with Crippen LogP contribution in [0.4, 0.5) is 16.0 Å². The number of pyridine rings is 1. The number of rotatable bonds is 18. The number of nitrogens with one attached hydrogen (secondary N) is 2. The Morgan fingerprint density at radius 1 is 1.10 bits per heavy atom. The van der Waals surface area contributed by atoms with E-state index >= 15 is 0 Å². The molecule has 10 heteroatoms. The van der Waals surface area contributed by atoms with Crippen molar-refractivity contribution in [2.75, 3.05) is 51.0 Å². The summed E-state index contributed by atoms with van der Waals surface area (Å²) in [5.41, 5.74) is 3.05. The lowest BCUT2D eigenvalue weighted by molar-refractivity contribution is -0.138. The Kier molecular flexibility index (Phi) is 12.7. The van der Waals surface area contributed by atoms with E-state index in [0.717, 1.165) is 42.8 Å². The lowest BCUT2D eigenvalue weighted by Crippen LogP contribution is -2.38. The van der Waals surface area contributed by atoms with E-state index in [1.807, 2.05) is 42.3 Å². The highest BCUT2D eigenvalue weighted by molar-refractivity contribution is 5.77. The second-order valence-electron chi connectivity index (χ2n) is 9.68. The zero-order valence-electron chi connectivity index (χ0n) is 23.6. The summed E-state index contributed by atoms with van der Waals surface area (Å²) in [6, 6.07) is 14.4. The maximum atomic E-state index is 14.5. The van der Waals surface area contributed by atoms with Crippen molar-refractivity contribution >= 4 is 17.6 Å². The first kappa shape index (κ1) is 30.9. The molecule has 3 aromatic rings. The molecule has 3 rings (SSSR count). The molecule has 0 saturated heterocycles. The molecule has 0 radical (unpaired) electrons. The van der Waals surface area contributed by atoms with Gasteiger partial charge in [-0.3, -0.25) is 0 Å². The van der Waals surface area contributed by atoms with Crippen molar-refractivity contribution in [2.24, 2.45) is 0 Å². The number of carbonyl (C=O) groups is 1. The molecule has 9 nitrogen and oxygen atoms in total. The van der Waals surface area contributed by atoms with Crippen LogP contribution in [0.3, 0.4) is 0 Å². The Labute approximate surface area is 236 Å². The fraction of sp³-hybridized carbons (Fsp3) is 0.467. The fourth-order valence-corrected chi connectivity index (χ4v) is 4.53. The maximum absolute atomic E-state index is 14.5.